The lowest BCUT2D eigenvalue weighted by atomic mass is 10.0. The summed E-state index contributed by atoms with van der Waals surface area (Å²) in [6, 6.07) is 3.59. The number of H-pyrrole nitrogens is 1. The van der Waals surface area contributed by atoms with E-state index in [-0.39, 0.29) is 25.6 Å². The monoisotopic (exact) mass is 578 g/mol. The van der Waals surface area contributed by atoms with Crippen LogP contribution in [0.2, 0.25) is 0 Å². The SMILES string of the molecule is Cc1cc(CCC(=O)OCOC(=O)C(C)C)cc2c1OP(=O)(OC[C@@H]1C=C[C@H](n3cc(C)c(=O)[nH]c3=O)O1)OC2. The van der Waals surface area contributed by atoms with Crippen molar-refractivity contribution >= 4 is 19.8 Å². The minimum atomic E-state index is -3.96. The molecule has 0 radical (unpaired) electrons. The molecule has 0 spiro atoms. The molecule has 0 bridgehead atoms. The van der Waals surface area contributed by atoms with Crippen LogP contribution in [-0.2, 0) is 50.4 Å². The molecular weight excluding hydrogens is 547 g/mol. The number of carbonyl (C=O) groups is 2. The van der Waals surface area contributed by atoms with Crippen molar-refractivity contribution in [3.05, 3.63) is 73.6 Å². The van der Waals surface area contributed by atoms with Crippen molar-refractivity contribution < 1.29 is 41.9 Å². The molecule has 2 aromatic rings. The summed E-state index contributed by atoms with van der Waals surface area (Å²) >= 11 is 0. The van der Waals surface area contributed by atoms with Crippen LogP contribution in [0.3, 0.4) is 0 Å². The van der Waals surface area contributed by atoms with Crippen molar-refractivity contribution in [2.45, 2.75) is 59.5 Å². The zero-order valence-electron chi connectivity index (χ0n) is 22.5. The number of fused-ring (bicyclic) bond motifs is 1. The standard InChI is InChI=1S/C26H31N2O11P/c1-15(2)25(31)35-14-34-22(29)8-5-18-9-16(3)23-19(10-18)12-36-40(33,39-23)37-13-20-6-7-21(38-20)28-11-17(4)24(30)27-26(28)32/h6-7,9-11,15,20-21H,5,8,12-14H2,1-4H3,(H,27,30,32)/t20-,21+,40?/m0/s1. The Morgan fingerprint density at radius 2 is 1.93 bits per heavy atom. The highest BCUT2D eigenvalue weighted by molar-refractivity contribution is 7.49. The summed E-state index contributed by atoms with van der Waals surface area (Å²) < 4.78 is 46.5. The quantitative estimate of drug-likeness (QED) is 0.191. The van der Waals surface area contributed by atoms with Crippen molar-refractivity contribution in [2.24, 2.45) is 5.92 Å². The fourth-order valence-electron chi connectivity index (χ4n) is 3.98. The van der Waals surface area contributed by atoms with E-state index in [0.29, 0.717) is 28.9 Å². The molecule has 0 saturated heterocycles. The first-order valence-electron chi connectivity index (χ1n) is 12.6. The predicted molar refractivity (Wildman–Crippen MR) is 139 cm³/mol. The number of hydrogen-bond donors (Lipinski definition) is 1. The summed E-state index contributed by atoms with van der Waals surface area (Å²) in [5.74, 6) is -0.901. The first-order valence-corrected chi connectivity index (χ1v) is 14.1. The Labute approximate surface area is 229 Å². The van der Waals surface area contributed by atoms with E-state index in [1.807, 2.05) is 0 Å². The van der Waals surface area contributed by atoms with Crippen molar-refractivity contribution in [2.75, 3.05) is 13.4 Å². The smallest absolute Gasteiger partial charge is 0.428 e. The number of esters is 2. The number of carbonyl (C=O) groups excluding carboxylic acids is 2. The van der Waals surface area contributed by atoms with E-state index >= 15 is 0 Å². The number of hydrogen-bond acceptors (Lipinski definition) is 11. The van der Waals surface area contributed by atoms with E-state index in [9.17, 15) is 23.7 Å². The molecule has 216 valence electrons. The third-order valence-electron chi connectivity index (χ3n) is 6.12. The third-order valence-corrected chi connectivity index (χ3v) is 7.44. The van der Waals surface area contributed by atoms with Gasteiger partial charge in [0, 0.05) is 23.7 Å². The van der Waals surface area contributed by atoms with Gasteiger partial charge in [-0.2, -0.15) is 0 Å². The fourth-order valence-corrected chi connectivity index (χ4v) is 5.27. The largest absolute Gasteiger partial charge is 0.530 e. The number of aromatic nitrogens is 2. The molecular formula is C26H31N2O11P. The maximum Gasteiger partial charge on any atom is 0.530 e. The van der Waals surface area contributed by atoms with Crippen LogP contribution in [0.4, 0.5) is 0 Å². The zero-order valence-corrected chi connectivity index (χ0v) is 23.4. The van der Waals surface area contributed by atoms with Gasteiger partial charge in [0.05, 0.1) is 19.1 Å². The summed E-state index contributed by atoms with van der Waals surface area (Å²) in [6.45, 7) is 6.09. The van der Waals surface area contributed by atoms with Gasteiger partial charge in [-0.3, -0.25) is 33.0 Å². The molecule has 0 saturated carbocycles. The highest BCUT2D eigenvalue weighted by Gasteiger charge is 2.37. The lowest BCUT2D eigenvalue weighted by molar-refractivity contribution is -0.169. The van der Waals surface area contributed by atoms with Gasteiger partial charge < -0.3 is 18.7 Å². The van der Waals surface area contributed by atoms with Crippen LogP contribution < -0.4 is 15.8 Å². The van der Waals surface area contributed by atoms with Gasteiger partial charge in [0.2, 0.25) is 6.79 Å². The number of nitrogens with zero attached hydrogens (tertiary/aromatic N) is 1. The lowest BCUT2D eigenvalue weighted by Gasteiger charge is -2.27. The maximum atomic E-state index is 13.1. The molecule has 13 nitrogen and oxygen atoms in total. The van der Waals surface area contributed by atoms with Crippen molar-refractivity contribution in [3.8, 4) is 5.75 Å². The summed E-state index contributed by atoms with van der Waals surface area (Å²) in [5, 5.41) is 0. The molecule has 40 heavy (non-hydrogen) atoms. The molecule has 1 N–H and O–H groups in total. The summed E-state index contributed by atoms with van der Waals surface area (Å²) in [7, 11) is -3.96. The molecule has 2 aliphatic rings. The van der Waals surface area contributed by atoms with E-state index in [2.05, 4.69) is 4.98 Å². The Morgan fingerprint density at radius 1 is 1.15 bits per heavy atom. The number of phosphoric acid groups is 1. The number of phosphoric ester groups is 1. The van der Waals surface area contributed by atoms with E-state index < -0.39 is 50.1 Å². The van der Waals surface area contributed by atoms with Crippen molar-refractivity contribution in [3.63, 3.8) is 0 Å². The van der Waals surface area contributed by atoms with E-state index in [1.165, 1.54) is 10.8 Å². The van der Waals surface area contributed by atoms with Crippen LogP contribution in [-0.4, -0.2) is 41.0 Å². The van der Waals surface area contributed by atoms with Crippen LogP contribution in [0.1, 0.15) is 48.8 Å². The number of rotatable bonds is 10. The number of aryl methyl sites for hydroxylation is 3. The zero-order chi connectivity index (χ0) is 29.0. The number of benzene rings is 1. The van der Waals surface area contributed by atoms with Gasteiger partial charge >= 0.3 is 25.5 Å². The summed E-state index contributed by atoms with van der Waals surface area (Å²) in [5.41, 5.74) is 1.41. The predicted octanol–water partition coefficient (Wildman–Crippen LogP) is 2.97. The highest BCUT2D eigenvalue weighted by Crippen LogP contribution is 2.55. The molecule has 3 heterocycles. The molecule has 4 rings (SSSR count). The second-order valence-electron chi connectivity index (χ2n) is 9.69. The second-order valence-corrected chi connectivity index (χ2v) is 11.3. The van der Waals surface area contributed by atoms with Crippen molar-refractivity contribution in [1.29, 1.82) is 0 Å². The average molecular weight is 579 g/mol. The Kier molecular flexibility index (Phi) is 9.09. The Hall–Kier alpha value is -3.51. The van der Waals surface area contributed by atoms with Crippen LogP contribution in [0.5, 0.6) is 5.75 Å². The van der Waals surface area contributed by atoms with Gasteiger partial charge in [0.25, 0.3) is 5.56 Å². The molecule has 1 aromatic heterocycles. The minimum Gasteiger partial charge on any atom is -0.428 e. The van der Waals surface area contributed by atoms with Gasteiger partial charge in [0.1, 0.15) is 11.9 Å². The molecule has 1 unspecified atom stereocenters. The average Bonchev–Trinajstić information content (AvgIpc) is 3.38. The molecule has 0 amide bonds. The summed E-state index contributed by atoms with van der Waals surface area (Å²) in [6.07, 6.45) is 3.71. The Bertz CT molecular complexity index is 1480. The van der Waals surface area contributed by atoms with E-state index in [0.717, 1.165) is 5.56 Å². The maximum absolute atomic E-state index is 13.1. The number of aromatic amines is 1. The van der Waals surface area contributed by atoms with Gasteiger partial charge in [0.15, 0.2) is 6.23 Å². The van der Waals surface area contributed by atoms with Gasteiger partial charge in [-0.05, 0) is 43.5 Å². The van der Waals surface area contributed by atoms with Crippen LogP contribution in [0, 0.1) is 19.8 Å². The molecule has 1 aromatic carbocycles. The molecule has 14 heteroatoms. The first kappa shape index (κ1) is 29.5. The fraction of sp³-hybridized carbons (Fsp3) is 0.462. The number of nitrogens with one attached hydrogen (secondary N) is 1. The lowest BCUT2D eigenvalue weighted by Crippen LogP contribution is -2.33. The van der Waals surface area contributed by atoms with Crippen molar-refractivity contribution in [1.82, 2.24) is 9.55 Å². The third kappa shape index (κ3) is 7.16. The second kappa shape index (κ2) is 12.3. The molecule has 0 fully saturated rings. The van der Waals surface area contributed by atoms with Crippen LogP contribution in [0.25, 0.3) is 0 Å². The van der Waals surface area contributed by atoms with Crippen LogP contribution >= 0.6 is 7.82 Å². The van der Waals surface area contributed by atoms with Crippen LogP contribution in [0.15, 0.2) is 40.1 Å². The number of ether oxygens (including phenoxy) is 3. The first-order chi connectivity index (χ1) is 18.9. The van der Waals surface area contributed by atoms with E-state index in [1.54, 1.807) is 52.0 Å². The minimum absolute atomic E-state index is 0.0348. The Morgan fingerprint density at radius 3 is 2.67 bits per heavy atom. The topological polar surface area (TPSA) is 161 Å². The molecule has 2 aliphatic heterocycles. The molecule has 0 aliphatic carbocycles. The summed E-state index contributed by atoms with van der Waals surface area (Å²) in [4.78, 5) is 49.4. The normalized spacial score (nSPS) is 21.6. The highest BCUT2D eigenvalue weighted by atomic mass is 31.2. The van der Waals surface area contributed by atoms with Gasteiger partial charge in [-0.1, -0.05) is 26.0 Å². The molecule has 3 atom stereocenters. The Balaban J connectivity index is 1.29. The van der Waals surface area contributed by atoms with E-state index in [4.69, 9.17) is 27.8 Å². The van der Waals surface area contributed by atoms with Gasteiger partial charge in [-0.25, -0.2) is 9.36 Å². The van der Waals surface area contributed by atoms with Gasteiger partial charge in [-0.15, -0.1) is 0 Å².